The molecular weight excluding hydrogens is 468 g/mol. The Kier molecular flexibility index (Phi) is 10.9. The molecule has 35 heavy (non-hydrogen) atoms. The fraction of sp³-hybridized carbons (Fsp3) is 0.462. The van der Waals surface area contributed by atoms with Gasteiger partial charge in [0.05, 0.1) is 12.1 Å². The van der Waals surface area contributed by atoms with Gasteiger partial charge in [0.2, 0.25) is 0 Å². The average Bonchev–Trinajstić information content (AvgIpc) is 3.27. The van der Waals surface area contributed by atoms with E-state index < -0.39 is 29.2 Å². The Morgan fingerprint density at radius 1 is 1.37 bits per heavy atom. The third kappa shape index (κ3) is 8.20. The molecule has 0 aliphatic heterocycles. The van der Waals surface area contributed by atoms with Gasteiger partial charge in [0.1, 0.15) is 17.1 Å². The maximum Gasteiger partial charge on any atom is 0.410 e. The van der Waals surface area contributed by atoms with Crippen LogP contribution < -0.4 is 10.9 Å². The lowest BCUT2D eigenvalue weighted by Gasteiger charge is -2.18. The minimum atomic E-state index is -0.882. The number of aromatic nitrogens is 1. The Morgan fingerprint density at radius 3 is 2.77 bits per heavy atom. The van der Waals surface area contributed by atoms with E-state index >= 15 is 0 Å². The molecule has 0 bridgehead atoms. The molecular formula is C26H34N2O6S. The van der Waals surface area contributed by atoms with Crippen molar-refractivity contribution in [3.63, 3.8) is 0 Å². The zero-order chi connectivity index (χ0) is 26.0. The van der Waals surface area contributed by atoms with E-state index in [4.69, 9.17) is 4.42 Å². The SMILES string of the molecule is C=C(CC/C=C/NC(=O)OC)c1cc(O)c(C(=O)C(C)[C@@H](C)Cc2cnc(CCCC)s2)c(=O)o1. The third-order valence-electron chi connectivity index (χ3n) is 5.78. The molecule has 8 nitrogen and oxygen atoms in total. The predicted octanol–water partition coefficient (Wildman–Crippen LogP) is 5.51. The number of ketones is 1. The molecule has 0 saturated heterocycles. The molecule has 9 heteroatoms. The van der Waals surface area contributed by atoms with Crippen LogP contribution >= 0.6 is 11.3 Å². The van der Waals surface area contributed by atoms with Gasteiger partial charge >= 0.3 is 11.7 Å². The minimum absolute atomic E-state index is 0.0548. The number of amides is 1. The second-order valence-corrected chi connectivity index (χ2v) is 9.70. The zero-order valence-electron chi connectivity index (χ0n) is 20.8. The van der Waals surface area contributed by atoms with E-state index in [-0.39, 0.29) is 17.2 Å². The van der Waals surface area contributed by atoms with E-state index in [1.807, 2.05) is 13.1 Å². The average molecular weight is 503 g/mol. The van der Waals surface area contributed by atoms with E-state index in [0.717, 1.165) is 29.1 Å². The van der Waals surface area contributed by atoms with Gasteiger partial charge in [-0.05, 0) is 43.6 Å². The number of aromatic hydroxyl groups is 1. The molecule has 0 saturated carbocycles. The van der Waals surface area contributed by atoms with Gasteiger partial charge in [-0.3, -0.25) is 10.1 Å². The van der Waals surface area contributed by atoms with Crippen molar-refractivity contribution in [1.29, 1.82) is 0 Å². The van der Waals surface area contributed by atoms with Crippen molar-refractivity contribution in [3.05, 3.63) is 62.7 Å². The fourth-order valence-corrected chi connectivity index (χ4v) is 4.50. The summed E-state index contributed by atoms with van der Waals surface area (Å²) in [6.07, 6.45) is 9.15. The number of carbonyl (C=O) groups excluding carboxylic acids is 2. The molecule has 2 atom stereocenters. The number of Topliss-reactive ketones (excluding diaryl/α,β-unsaturated/α-hetero) is 1. The number of aryl methyl sites for hydroxylation is 1. The van der Waals surface area contributed by atoms with Crippen molar-refractivity contribution in [2.75, 3.05) is 7.11 Å². The Balaban J connectivity index is 2.03. The highest BCUT2D eigenvalue weighted by Gasteiger charge is 2.28. The summed E-state index contributed by atoms with van der Waals surface area (Å²) >= 11 is 1.66. The normalized spacial score (nSPS) is 12.9. The van der Waals surface area contributed by atoms with Crippen molar-refractivity contribution in [2.45, 2.75) is 59.3 Å². The molecule has 0 aliphatic carbocycles. The first-order valence-corrected chi connectivity index (χ1v) is 12.5. The number of allylic oxidation sites excluding steroid dienone is 2. The second kappa shape index (κ2) is 13.6. The smallest absolute Gasteiger partial charge is 0.410 e. The Morgan fingerprint density at radius 2 is 2.11 bits per heavy atom. The monoisotopic (exact) mass is 502 g/mol. The maximum atomic E-state index is 13.1. The van der Waals surface area contributed by atoms with E-state index in [0.29, 0.717) is 24.8 Å². The second-order valence-electron chi connectivity index (χ2n) is 8.50. The summed E-state index contributed by atoms with van der Waals surface area (Å²) in [5, 5.41) is 14.0. The van der Waals surface area contributed by atoms with Gasteiger partial charge in [-0.1, -0.05) is 39.8 Å². The van der Waals surface area contributed by atoms with E-state index in [2.05, 4.69) is 28.5 Å². The van der Waals surface area contributed by atoms with Gasteiger partial charge in [0, 0.05) is 29.3 Å². The number of unbranched alkanes of at least 4 members (excludes halogenated alkanes) is 1. The molecule has 2 rings (SSSR count). The Bertz CT molecular complexity index is 1120. The summed E-state index contributed by atoms with van der Waals surface area (Å²) in [7, 11) is 1.26. The highest BCUT2D eigenvalue weighted by atomic mass is 32.1. The predicted molar refractivity (Wildman–Crippen MR) is 137 cm³/mol. The molecule has 2 heterocycles. The van der Waals surface area contributed by atoms with Crippen LogP contribution in [0, 0.1) is 11.8 Å². The number of nitrogens with one attached hydrogen (secondary N) is 1. The number of nitrogens with zero attached hydrogens (tertiary/aromatic N) is 1. The van der Waals surface area contributed by atoms with Gasteiger partial charge in [-0.15, -0.1) is 11.3 Å². The summed E-state index contributed by atoms with van der Waals surface area (Å²) in [5.41, 5.74) is -0.742. The summed E-state index contributed by atoms with van der Waals surface area (Å²) in [6, 6.07) is 1.26. The number of ether oxygens (including phenoxy) is 1. The number of hydrogen-bond acceptors (Lipinski definition) is 8. The van der Waals surface area contributed by atoms with Gasteiger partial charge in [0.15, 0.2) is 5.78 Å². The lowest BCUT2D eigenvalue weighted by atomic mass is 9.86. The first-order valence-electron chi connectivity index (χ1n) is 11.7. The molecule has 0 aliphatic rings. The lowest BCUT2D eigenvalue weighted by molar-refractivity contribution is 0.0885. The molecule has 0 aromatic carbocycles. The topological polar surface area (TPSA) is 119 Å². The Labute approximate surface area is 209 Å². The maximum absolute atomic E-state index is 13.1. The molecule has 2 aromatic heterocycles. The first kappa shape index (κ1) is 28.0. The molecule has 190 valence electrons. The van der Waals surface area contributed by atoms with Crippen LogP contribution in [0.1, 0.15) is 72.5 Å². The van der Waals surface area contributed by atoms with Crippen LogP contribution in [0.25, 0.3) is 5.57 Å². The lowest BCUT2D eigenvalue weighted by Crippen LogP contribution is -2.25. The summed E-state index contributed by atoms with van der Waals surface area (Å²) in [4.78, 5) is 42.2. The van der Waals surface area contributed by atoms with Crippen molar-refractivity contribution < 1.29 is 23.8 Å². The van der Waals surface area contributed by atoms with Crippen molar-refractivity contribution >= 4 is 28.8 Å². The van der Waals surface area contributed by atoms with Crippen LogP contribution in [0.2, 0.25) is 0 Å². The van der Waals surface area contributed by atoms with Crippen molar-refractivity contribution in [2.24, 2.45) is 11.8 Å². The molecule has 0 spiro atoms. The summed E-state index contributed by atoms with van der Waals surface area (Å²) < 4.78 is 9.77. The highest BCUT2D eigenvalue weighted by Crippen LogP contribution is 2.28. The molecule has 2 aromatic rings. The van der Waals surface area contributed by atoms with Crippen LogP contribution in [0.15, 0.2) is 40.3 Å². The molecule has 1 amide bonds. The summed E-state index contributed by atoms with van der Waals surface area (Å²) in [5.74, 6) is -1.30. The van der Waals surface area contributed by atoms with Gasteiger partial charge < -0.3 is 14.3 Å². The van der Waals surface area contributed by atoms with Gasteiger partial charge in [-0.2, -0.15) is 0 Å². The Hall–Kier alpha value is -3.20. The highest BCUT2D eigenvalue weighted by molar-refractivity contribution is 7.11. The number of hydrogen-bond donors (Lipinski definition) is 2. The van der Waals surface area contributed by atoms with E-state index in [1.54, 1.807) is 24.3 Å². The zero-order valence-corrected chi connectivity index (χ0v) is 21.6. The molecule has 0 fully saturated rings. The molecule has 1 unspecified atom stereocenters. The fourth-order valence-electron chi connectivity index (χ4n) is 3.40. The number of alkyl carbamates (subject to hydrolysis) is 1. The van der Waals surface area contributed by atoms with Crippen LogP contribution in [0.5, 0.6) is 5.75 Å². The van der Waals surface area contributed by atoms with E-state index in [1.165, 1.54) is 19.4 Å². The number of methoxy groups -OCH3 is 1. The quantitative estimate of drug-likeness (QED) is 0.347. The van der Waals surface area contributed by atoms with Crippen LogP contribution in [-0.4, -0.2) is 29.1 Å². The number of thiazole rings is 1. The largest absolute Gasteiger partial charge is 0.507 e. The van der Waals surface area contributed by atoms with Crippen molar-refractivity contribution in [3.8, 4) is 5.75 Å². The van der Waals surface area contributed by atoms with Crippen molar-refractivity contribution in [1.82, 2.24) is 10.3 Å². The summed E-state index contributed by atoms with van der Waals surface area (Å²) in [6.45, 7) is 9.73. The van der Waals surface area contributed by atoms with Crippen LogP contribution in [0.4, 0.5) is 4.79 Å². The van der Waals surface area contributed by atoms with Crippen LogP contribution in [-0.2, 0) is 17.6 Å². The van der Waals surface area contributed by atoms with E-state index in [9.17, 15) is 19.5 Å². The number of rotatable bonds is 13. The standard InChI is InChI=1S/C26H34N2O6S/c1-6-7-11-22-28-15-19(35-22)13-17(3)18(4)24(30)23-20(29)14-21(34-25(23)31)16(2)10-8-9-12-27-26(32)33-5/h9,12,14-15,17-18,29H,2,6-8,10-11,13H2,1,3-5H3,(H,27,32)/b12-9+/t17-,18?/m0/s1. The first-order chi connectivity index (χ1) is 16.7. The van der Waals surface area contributed by atoms with Gasteiger partial charge in [0.25, 0.3) is 0 Å². The minimum Gasteiger partial charge on any atom is -0.507 e. The van der Waals surface area contributed by atoms with Crippen LogP contribution in [0.3, 0.4) is 0 Å². The molecule has 0 radical (unpaired) electrons. The third-order valence-corrected chi connectivity index (χ3v) is 6.86. The number of carbonyl (C=O) groups is 2. The molecule has 2 N–H and O–H groups in total. The van der Waals surface area contributed by atoms with Gasteiger partial charge in [-0.25, -0.2) is 14.6 Å².